The number of ether oxygens (including phenoxy) is 4. The van der Waals surface area contributed by atoms with Crippen LogP contribution in [0.1, 0.15) is 6.42 Å². The van der Waals surface area contributed by atoms with Crippen LogP contribution in [0.15, 0.2) is 0 Å². The fourth-order valence-electron chi connectivity index (χ4n) is 4.12. The summed E-state index contributed by atoms with van der Waals surface area (Å²) in [5.74, 6) is 0. The molecule has 3 fully saturated rings. The van der Waals surface area contributed by atoms with Gasteiger partial charge in [-0.15, -0.1) is 0 Å². The van der Waals surface area contributed by atoms with Crippen molar-refractivity contribution in [2.24, 2.45) is 17.2 Å². The molecule has 2 aliphatic heterocycles. The Morgan fingerprint density at radius 1 is 0.645 bits per heavy atom. The molecule has 2 heterocycles. The topological polar surface area (TPSA) is 257 Å². The molecule has 2 saturated heterocycles. The molecule has 0 aromatic carbocycles. The molecule has 14 heteroatoms. The maximum atomic E-state index is 10.6. The molecule has 14 nitrogen and oxygen atoms in total. The van der Waals surface area contributed by atoms with Crippen molar-refractivity contribution in [3.63, 3.8) is 0 Å². The first-order chi connectivity index (χ1) is 14.6. The Kier molecular flexibility index (Phi) is 8.21. The van der Waals surface area contributed by atoms with Crippen LogP contribution in [0.2, 0.25) is 0 Å². The summed E-state index contributed by atoms with van der Waals surface area (Å²) >= 11 is 0. The van der Waals surface area contributed by atoms with Crippen LogP contribution in [0.3, 0.4) is 0 Å². The second kappa shape index (κ2) is 10.1. The number of hydrogen-bond acceptors (Lipinski definition) is 14. The van der Waals surface area contributed by atoms with E-state index in [-0.39, 0.29) is 6.42 Å². The Bertz CT molecular complexity index is 590. The van der Waals surface area contributed by atoms with E-state index in [9.17, 15) is 35.7 Å². The number of hydrogen-bond donors (Lipinski definition) is 10. The molecule has 0 aromatic rings. The van der Waals surface area contributed by atoms with Crippen LogP contribution >= 0.6 is 0 Å². The number of nitrogens with two attached hydrogens (primary N) is 3. The van der Waals surface area contributed by atoms with Crippen LogP contribution < -0.4 is 17.2 Å². The van der Waals surface area contributed by atoms with Gasteiger partial charge >= 0.3 is 0 Å². The van der Waals surface area contributed by atoms with Crippen LogP contribution in [0.5, 0.6) is 0 Å². The van der Waals surface area contributed by atoms with Crippen molar-refractivity contribution in [3.05, 3.63) is 0 Å². The molecule has 13 N–H and O–H groups in total. The molecule has 3 aliphatic rings. The number of aliphatic hydroxyl groups excluding tert-OH is 7. The molecule has 3 unspecified atom stereocenters. The van der Waals surface area contributed by atoms with E-state index in [2.05, 4.69) is 0 Å². The lowest BCUT2D eigenvalue weighted by molar-refractivity contribution is -0.310. The van der Waals surface area contributed by atoms with Gasteiger partial charge in [-0.05, 0) is 6.42 Å². The van der Waals surface area contributed by atoms with E-state index in [1.165, 1.54) is 0 Å². The maximum absolute atomic E-state index is 10.6. The van der Waals surface area contributed by atoms with Crippen LogP contribution in [0.4, 0.5) is 0 Å². The average Bonchev–Trinajstić information content (AvgIpc) is 3.02. The molecule has 0 amide bonds. The van der Waals surface area contributed by atoms with Crippen molar-refractivity contribution in [2.75, 3.05) is 13.2 Å². The van der Waals surface area contributed by atoms with Gasteiger partial charge in [-0.25, -0.2) is 0 Å². The Balaban J connectivity index is 1.78. The van der Waals surface area contributed by atoms with E-state index in [0.29, 0.717) is 0 Å². The largest absolute Gasteiger partial charge is 0.394 e. The summed E-state index contributed by atoms with van der Waals surface area (Å²) < 4.78 is 22.2. The van der Waals surface area contributed by atoms with Crippen LogP contribution in [-0.4, -0.2) is 135 Å². The minimum Gasteiger partial charge on any atom is -0.394 e. The van der Waals surface area contributed by atoms with Gasteiger partial charge in [0.2, 0.25) is 0 Å². The second-order valence-corrected chi connectivity index (χ2v) is 8.25. The van der Waals surface area contributed by atoms with E-state index in [0.717, 1.165) is 0 Å². The van der Waals surface area contributed by atoms with Gasteiger partial charge < -0.3 is 71.9 Å². The lowest BCUT2D eigenvalue weighted by Gasteiger charge is -2.47. The quantitative estimate of drug-likeness (QED) is 0.179. The van der Waals surface area contributed by atoms with E-state index >= 15 is 0 Å². The highest BCUT2D eigenvalue weighted by Gasteiger charge is 2.52. The minimum absolute atomic E-state index is 0.123. The van der Waals surface area contributed by atoms with Crippen molar-refractivity contribution in [1.82, 2.24) is 0 Å². The fraction of sp³-hybridized carbons (Fsp3) is 1.00. The predicted octanol–water partition coefficient (Wildman–Crippen LogP) is -6.62. The summed E-state index contributed by atoms with van der Waals surface area (Å²) in [6, 6.07) is -2.82. The summed E-state index contributed by atoms with van der Waals surface area (Å²) in [6.45, 7) is -1.19. The Morgan fingerprint density at radius 2 is 1.16 bits per heavy atom. The molecule has 182 valence electrons. The first-order valence-corrected chi connectivity index (χ1v) is 10.1. The molecule has 0 spiro atoms. The van der Waals surface area contributed by atoms with Crippen molar-refractivity contribution >= 4 is 0 Å². The lowest BCUT2D eigenvalue weighted by atomic mass is 9.84. The van der Waals surface area contributed by atoms with Gasteiger partial charge in [-0.1, -0.05) is 0 Å². The first-order valence-electron chi connectivity index (χ1n) is 10.1. The normalized spacial score (nSPS) is 53.6. The number of aliphatic hydroxyl groups is 7. The van der Waals surface area contributed by atoms with Crippen molar-refractivity contribution in [3.8, 4) is 0 Å². The Labute approximate surface area is 178 Å². The highest BCUT2D eigenvalue weighted by atomic mass is 16.7. The smallest absolute Gasteiger partial charge is 0.187 e. The third kappa shape index (κ3) is 4.87. The Hall–Kier alpha value is -0.560. The molecule has 0 radical (unpaired) electrons. The highest BCUT2D eigenvalue weighted by Crippen LogP contribution is 2.32. The molecular weight excluding hydrogens is 422 g/mol. The van der Waals surface area contributed by atoms with Crippen molar-refractivity contribution in [2.45, 2.75) is 92.1 Å². The zero-order chi connectivity index (χ0) is 23.0. The van der Waals surface area contributed by atoms with E-state index in [1.807, 2.05) is 0 Å². The van der Waals surface area contributed by atoms with Crippen LogP contribution in [0, 0.1) is 0 Å². The summed E-state index contributed by atoms with van der Waals surface area (Å²) in [5.41, 5.74) is 18.0. The van der Waals surface area contributed by atoms with Gasteiger partial charge in [0.25, 0.3) is 0 Å². The molecule has 3 rings (SSSR count). The zero-order valence-electron chi connectivity index (χ0n) is 16.7. The van der Waals surface area contributed by atoms with Gasteiger partial charge in [-0.3, -0.25) is 0 Å². The molecular formula is C17H33N3O11. The third-order valence-electron chi connectivity index (χ3n) is 6.07. The Morgan fingerprint density at radius 3 is 1.74 bits per heavy atom. The van der Waals surface area contributed by atoms with Gasteiger partial charge in [0.05, 0.1) is 25.4 Å². The van der Waals surface area contributed by atoms with Gasteiger partial charge in [0.1, 0.15) is 48.8 Å². The van der Waals surface area contributed by atoms with Crippen molar-refractivity contribution in [1.29, 1.82) is 0 Å². The minimum atomic E-state index is -1.52. The molecule has 0 bridgehead atoms. The lowest BCUT2D eigenvalue weighted by Crippen LogP contribution is -2.68. The second-order valence-electron chi connectivity index (χ2n) is 8.25. The van der Waals surface area contributed by atoms with E-state index in [4.69, 9.17) is 36.1 Å². The number of rotatable bonds is 6. The van der Waals surface area contributed by atoms with Crippen molar-refractivity contribution < 1.29 is 54.7 Å². The summed E-state index contributed by atoms with van der Waals surface area (Å²) in [7, 11) is 0. The molecule has 1 aliphatic carbocycles. The van der Waals surface area contributed by atoms with Gasteiger partial charge in [0, 0.05) is 12.1 Å². The standard InChI is InChI=1S/C17H33N3O11/c18-4-1-5(19)14(30-16-8(20)12(26)10(24)6(2-21)28-16)15(9(4)23)31-17-13(27)11(25)7(3-22)29-17/h4-17,21-27H,1-3,18-20H2/t4-,5?,6?,7-,8+,9-,10-,11+,12-,13?,14-,15+,16-,17+/m1/s1. The van der Waals surface area contributed by atoms with Gasteiger partial charge in [-0.2, -0.15) is 0 Å². The average molecular weight is 455 g/mol. The first kappa shape index (κ1) is 25.1. The zero-order valence-corrected chi connectivity index (χ0v) is 16.7. The van der Waals surface area contributed by atoms with Gasteiger partial charge in [0.15, 0.2) is 12.6 Å². The molecule has 0 aromatic heterocycles. The fourth-order valence-corrected chi connectivity index (χ4v) is 4.12. The monoisotopic (exact) mass is 455 g/mol. The molecule has 14 atom stereocenters. The third-order valence-corrected chi connectivity index (χ3v) is 6.07. The highest BCUT2D eigenvalue weighted by molar-refractivity contribution is 5.01. The van der Waals surface area contributed by atoms with E-state index in [1.54, 1.807) is 0 Å². The summed E-state index contributed by atoms with van der Waals surface area (Å²) in [5, 5.41) is 69.4. The van der Waals surface area contributed by atoms with E-state index < -0.39 is 98.9 Å². The maximum Gasteiger partial charge on any atom is 0.187 e. The predicted molar refractivity (Wildman–Crippen MR) is 99.8 cm³/mol. The van der Waals surface area contributed by atoms with Crippen LogP contribution in [0.25, 0.3) is 0 Å². The summed E-state index contributed by atoms with van der Waals surface area (Å²) in [4.78, 5) is 0. The molecule has 1 saturated carbocycles. The SMILES string of the molecule is NC1C[C@@H](N)[C@@H](O)[C@H](O[C@@H]2O[C@H](CO)[C@H](O)C2O)[C@@H]1O[C@H]1OC(CO)[C@@H](O)[C@H](O)[C@@H]1N. The summed E-state index contributed by atoms with van der Waals surface area (Å²) in [6.07, 6.45) is -14.5. The molecule has 31 heavy (non-hydrogen) atoms. The van der Waals surface area contributed by atoms with Crippen LogP contribution in [-0.2, 0) is 18.9 Å².